The zero-order chi connectivity index (χ0) is 22.5. The first-order valence-corrected chi connectivity index (χ1v) is 8.81. The minimum absolute atomic E-state index is 0.0794. The van der Waals surface area contributed by atoms with Gasteiger partial charge in [0.25, 0.3) is 17.3 Å². The Kier molecular flexibility index (Phi) is 6.05. The number of aryl methyl sites for hydroxylation is 1. The van der Waals surface area contributed by atoms with Crippen LogP contribution in [0.2, 0.25) is 0 Å². The summed E-state index contributed by atoms with van der Waals surface area (Å²) in [5.41, 5.74) is 1.17. The Morgan fingerprint density at radius 3 is 2.23 bits per heavy atom. The molecule has 11 nitrogen and oxygen atoms in total. The number of carbonyl (C=O) groups excluding carboxylic acids is 2. The van der Waals surface area contributed by atoms with E-state index in [1.807, 2.05) is 0 Å². The molecule has 158 valence electrons. The fraction of sp³-hybridized carbons (Fsp3) is 0.100. The molecular formula is C20H15N3O8. The Labute approximate surface area is 174 Å². The number of non-ortho nitro benzene ring substituents is 2. The molecule has 1 N–H and O–H groups in total. The summed E-state index contributed by atoms with van der Waals surface area (Å²) in [4.78, 5) is 44.5. The van der Waals surface area contributed by atoms with Gasteiger partial charge >= 0.3 is 5.97 Å². The molecule has 0 unspecified atom stereocenters. The number of rotatable bonds is 7. The van der Waals surface area contributed by atoms with Crippen molar-refractivity contribution in [3.63, 3.8) is 0 Å². The molecule has 0 bridgehead atoms. The second kappa shape index (κ2) is 8.86. The number of carbonyl (C=O) groups is 2. The standard InChI is InChI=1S/C20H15N3O8/c1-12-10-15(23(28)29)6-7-16(12)21-19(24)11-30-20(25)18-9-8-17(31-18)13-2-4-14(5-3-13)22(26)27/h2-10H,11H2,1H3,(H,21,24). The summed E-state index contributed by atoms with van der Waals surface area (Å²) in [6, 6.07) is 12.4. The van der Waals surface area contributed by atoms with Gasteiger partial charge in [-0.15, -0.1) is 0 Å². The Morgan fingerprint density at radius 2 is 1.61 bits per heavy atom. The number of esters is 1. The lowest BCUT2D eigenvalue weighted by Crippen LogP contribution is -2.21. The van der Waals surface area contributed by atoms with E-state index >= 15 is 0 Å². The van der Waals surface area contributed by atoms with Crippen LogP contribution in [0.15, 0.2) is 59.0 Å². The minimum Gasteiger partial charge on any atom is -0.450 e. The van der Waals surface area contributed by atoms with Gasteiger partial charge in [0.05, 0.1) is 9.85 Å². The molecule has 31 heavy (non-hydrogen) atoms. The van der Waals surface area contributed by atoms with Crippen LogP contribution in [0.5, 0.6) is 0 Å². The maximum absolute atomic E-state index is 12.1. The number of nitro groups is 2. The van der Waals surface area contributed by atoms with Crippen LogP contribution < -0.4 is 5.32 Å². The molecule has 1 heterocycles. The van der Waals surface area contributed by atoms with E-state index in [1.54, 1.807) is 6.92 Å². The summed E-state index contributed by atoms with van der Waals surface area (Å²) in [5.74, 6) is -1.35. The Bertz CT molecular complexity index is 1170. The fourth-order valence-electron chi connectivity index (χ4n) is 2.64. The number of amides is 1. The summed E-state index contributed by atoms with van der Waals surface area (Å²) in [6.45, 7) is 1.00. The van der Waals surface area contributed by atoms with E-state index in [-0.39, 0.29) is 17.1 Å². The molecule has 0 saturated carbocycles. The Hall–Kier alpha value is -4.54. The van der Waals surface area contributed by atoms with Crippen molar-refractivity contribution in [2.45, 2.75) is 6.92 Å². The van der Waals surface area contributed by atoms with Gasteiger partial charge in [-0.3, -0.25) is 25.0 Å². The van der Waals surface area contributed by atoms with Gasteiger partial charge in [0.15, 0.2) is 6.61 Å². The monoisotopic (exact) mass is 425 g/mol. The Morgan fingerprint density at radius 1 is 0.968 bits per heavy atom. The van der Waals surface area contributed by atoms with Crippen molar-refractivity contribution in [3.8, 4) is 11.3 Å². The van der Waals surface area contributed by atoms with Gasteiger partial charge in [-0.2, -0.15) is 0 Å². The highest BCUT2D eigenvalue weighted by atomic mass is 16.6. The largest absolute Gasteiger partial charge is 0.450 e. The van der Waals surface area contributed by atoms with Gasteiger partial charge in [-0.05, 0) is 42.8 Å². The second-order valence-corrected chi connectivity index (χ2v) is 6.35. The van der Waals surface area contributed by atoms with Gasteiger partial charge in [0.2, 0.25) is 5.76 Å². The van der Waals surface area contributed by atoms with E-state index in [2.05, 4.69) is 5.32 Å². The first kappa shape index (κ1) is 21.2. The van der Waals surface area contributed by atoms with Crippen LogP contribution >= 0.6 is 0 Å². The van der Waals surface area contributed by atoms with Gasteiger partial charge in [-0.1, -0.05) is 0 Å². The van der Waals surface area contributed by atoms with E-state index in [1.165, 1.54) is 54.6 Å². The maximum Gasteiger partial charge on any atom is 0.374 e. The first-order chi connectivity index (χ1) is 14.7. The van der Waals surface area contributed by atoms with Crippen molar-refractivity contribution in [1.82, 2.24) is 0 Å². The number of nitro benzene ring substituents is 2. The van der Waals surface area contributed by atoms with Crippen molar-refractivity contribution in [1.29, 1.82) is 0 Å². The highest BCUT2D eigenvalue weighted by Gasteiger charge is 2.17. The molecule has 1 aromatic heterocycles. The number of nitrogens with zero attached hydrogens (tertiary/aromatic N) is 2. The molecule has 1 amide bonds. The van der Waals surface area contributed by atoms with E-state index < -0.39 is 28.3 Å². The molecule has 0 aliphatic rings. The predicted molar refractivity (Wildman–Crippen MR) is 108 cm³/mol. The highest BCUT2D eigenvalue weighted by molar-refractivity contribution is 5.95. The SMILES string of the molecule is Cc1cc([N+](=O)[O-])ccc1NC(=O)COC(=O)c1ccc(-c2ccc([N+](=O)[O-])cc2)o1. The fourth-order valence-corrected chi connectivity index (χ4v) is 2.64. The molecule has 0 fully saturated rings. The number of hydrogen-bond acceptors (Lipinski definition) is 8. The summed E-state index contributed by atoms with van der Waals surface area (Å²) in [6.07, 6.45) is 0. The molecule has 11 heteroatoms. The summed E-state index contributed by atoms with van der Waals surface area (Å²) >= 11 is 0. The third-order valence-corrected chi connectivity index (χ3v) is 4.20. The molecule has 0 aliphatic heterocycles. The van der Waals surface area contributed by atoms with Gasteiger partial charge in [0, 0.05) is 35.5 Å². The summed E-state index contributed by atoms with van der Waals surface area (Å²) < 4.78 is 10.3. The van der Waals surface area contributed by atoms with E-state index in [0.29, 0.717) is 22.6 Å². The van der Waals surface area contributed by atoms with Crippen LogP contribution in [0.25, 0.3) is 11.3 Å². The van der Waals surface area contributed by atoms with Crippen LogP contribution in [0.4, 0.5) is 17.1 Å². The van der Waals surface area contributed by atoms with E-state index in [0.717, 1.165) is 0 Å². The molecule has 0 aliphatic carbocycles. The zero-order valence-corrected chi connectivity index (χ0v) is 16.1. The lowest BCUT2D eigenvalue weighted by molar-refractivity contribution is -0.385. The van der Waals surface area contributed by atoms with E-state index in [9.17, 15) is 29.8 Å². The third-order valence-electron chi connectivity index (χ3n) is 4.20. The van der Waals surface area contributed by atoms with Crippen molar-refractivity contribution >= 4 is 28.9 Å². The molecule has 3 aromatic rings. The number of anilines is 1. The van der Waals surface area contributed by atoms with Crippen molar-refractivity contribution in [2.75, 3.05) is 11.9 Å². The first-order valence-electron chi connectivity index (χ1n) is 8.81. The van der Waals surface area contributed by atoms with Gasteiger partial charge in [0.1, 0.15) is 5.76 Å². The van der Waals surface area contributed by atoms with Crippen LogP contribution in [-0.4, -0.2) is 28.3 Å². The quantitative estimate of drug-likeness (QED) is 0.340. The molecule has 3 rings (SSSR count). The van der Waals surface area contributed by atoms with Crippen LogP contribution in [0.1, 0.15) is 16.1 Å². The molecule has 2 aromatic carbocycles. The smallest absolute Gasteiger partial charge is 0.374 e. The molecule has 0 spiro atoms. The van der Waals surface area contributed by atoms with E-state index in [4.69, 9.17) is 9.15 Å². The number of nitrogens with one attached hydrogen (secondary N) is 1. The molecule has 0 saturated heterocycles. The number of ether oxygens (including phenoxy) is 1. The average molecular weight is 425 g/mol. The summed E-state index contributed by atoms with van der Waals surface area (Å²) in [7, 11) is 0. The highest BCUT2D eigenvalue weighted by Crippen LogP contribution is 2.25. The van der Waals surface area contributed by atoms with Crippen molar-refractivity contribution in [3.05, 3.63) is 86.1 Å². The van der Waals surface area contributed by atoms with Crippen LogP contribution in [0, 0.1) is 27.2 Å². The normalized spacial score (nSPS) is 10.4. The minimum atomic E-state index is -0.872. The van der Waals surface area contributed by atoms with Crippen LogP contribution in [-0.2, 0) is 9.53 Å². The zero-order valence-electron chi connectivity index (χ0n) is 16.1. The maximum atomic E-state index is 12.1. The molecule has 0 radical (unpaired) electrons. The van der Waals surface area contributed by atoms with Gasteiger partial charge < -0.3 is 14.5 Å². The lowest BCUT2D eigenvalue weighted by Gasteiger charge is -2.08. The molecular weight excluding hydrogens is 410 g/mol. The average Bonchev–Trinajstić information content (AvgIpc) is 3.24. The second-order valence-electron chi connectivity index (χ2n) is 6.35. The van der Waals surface area contributed by atoms with Crippen LogP contribution in [0.3, 0.4) is 0 Å². The number of furan rings is 1. The van der Waals surface area contributed by atoms with Gasteiger partial charge in [-0.25, -0.2) is 4.79 Å². The number of hydrogen-bond donors (Lipinski definition) is 1. The lowest BCUT2D eigenvalue weighted by atomic mass is 10.1. The topological polar surface area (TPSA) is 155 Å². The molecule has 0 atom stereocenters. The third kappa shape index (κ3) is 5.09. The van der Waals surface area contributed by atoms with Crippen molar-refractivity contribution in [2.24, 2.45) is 0 Å². The summed E-state index contributed by atoms with van der Waals surface area (Å²) in [5, 5.41) is 24.0. The predicted octanol–water partition coefficient (Wildman–Crippen LogP) is 3.87. The Balaban J connectivity index is 1.58. The van der Waals surface area contributed by atoms with Crippen molar-refractivity contribution < 1.29 is 28.6 Å². The number of benzene rings is 2.